The number of imide groups is 1. The number of carbonyl (C=O) groups is 2. The molecule has 168 valence electrons. The summed E-state index contributed by atoms with van der Waals surface area (Å²) in [6, 6.07) is 22.6. The predicted octanol–water partition coefficient (Wildman–Crippen LogP) is 5.91. The number of amides is 2. The van der Waals surface area contributed by atoms with Crippen molar-refractivity contribution in [2.24, 2.45) is 0 Å². The topological polar surface area (TPSA) is 58.6 Å². The first kappa shape index (κ1) is 22.3. The highest BCUT2D eigenvalue weighted by Gasteiger charge is 2.40. The molecule has 4 rings (SSSR count). The van der Waals surface area contributed by atoms with E-state index in [1.165, 1.54) is 4.90 Å². The minimum Gasteiger partial charge on any atom is -0.492 e. The fourth-order valence-corrected chi connectivity index (χ4v) is 3.86. The van der Waals surface area contributed by atoms with Gasteiger partial charge in [-0.1, -0.05) is 67.9 Å². The Hall–Kier alpha value is -3.86. The van der Waals surface area contributed by atoms with Crippen LogP contribution in [0.3, 0.4) is 0 Å². The van der Waals surface area contributed by atoms with Crippen LogP contribution in [0.1, 0.15) is 43.4 Å². The average Bonchev–Trinajstić information content (AvgIpc) is 3.05. The summed E-state index contributed by atoms with van der Waals surface area (Å²) in [5.41, 5.74) is 4.69. The number of para-hydroxylation sites is 2. The molecule has 1 heterocycles. The molecule has 0 radical (unpaired) electrons. The highest BCUT2D eigenvalue weighted by molar-refractivity contribution is 6.46. The van der Waals surface area contributed by atoms with Gasteiger partial charge in [0.25, 0.3) is 11.8 Å². The lowest BCUT2D eigenvalue weighted by molar-refractivity contribution is -0.120. The maximum absolute atomic E-state index is 13.6. The maximum atomic E-state index is 13.6. The van der Waals surface area contributed by atoms with Crippen LogP contribution < -0.4 is 15.0 Å². The van der Waals surface area contributed by atoms with Gasteiger partial charge in [0.2, 0.25) is 0 Å². The zero-order valence-electron chi connectivity index (χ0n) is 19.4. The fourth-order valence-electron chi connectivity index (χ4n) is 3.86. The molecule has 5 nitrogen and oxygen atoms in total. The van der Waals surface area contributed by atoms with Crippen LogP contribution in [-0.2, 0) is 9.59 Å². The number of rotatable bonds is 7. The summed E-state index contributed by atoms with van der Waals surface area (Å²) < 4.78 is 5.72. The van der Waals surface area contributed by atoms with Crippen LogP contribution in [0.4, 0.5) is 11.4 Å². The number of nitrogens with zero attached hydrogens (tertiary/aromatic N) is 1. The summed E-state index contributed by atoms with van der Waals surface area (Å²) in [5, 5.41) is 3.21. The number of aryl methyl sites for hydroxylation is 1. The number of nitrogens with one attached hydrogen (secondary N) is 1. The normalized spacial score (nSPS) is 13.8. The van der Waals surface area contributed by atoms with Crippen molar-refractivity contribution >= 4 is 28.8 Å². The van der Waals surface area contributed by atoms with Gasteiger partial charge in [0.05, 0.1) is 23.6 Å². The first-order chi connectivity index (χ1) is 15.9. The van der Waals surface area contributed by atoms with Gasteiger partial charge in [-0.15, -0.1) is 0 Å². The van der Waals surface area contributed by atoms with Crippen molar-refractivity contribution in [2.45, 2.75) is 33.6 Å². The van der Waals surface area contributed by atoms with Crippen LogP contribution in [0.2, 0.25) is 0 Å². The molecule has 0 spiro atoms. The van der Waals surface area contributed by atoms with E-state index in [9.17, 15) is 9.59 Å². The Morgan fingerprint density at radius 1 is 0.879 bits per heavy atom. The van der Waals surface area contributed by atoms with Crippen LogP contribution in [0, 0.1) is 6.92 Å². The second-order valence-corrected chi connectivity index (χ2v) is 8.36. The van der Waals surface area contributed by atoms with Crippen LogP contribution in [-0.4, -0.2) is 18.4 Å². The Balaban J connectivity index is 1.79. The monoisotopic (exact) mass is 440 g/mol. The molecule has 0 aliphatic carbocycles. The van der Waals surface area contributed by atoms with Crippen molar-refractivity contribution in [1.29, 1.82) is 0 Å². The highest BCUT2D eigenvalue weighted by atomic mass is 16.5. The Bertz CT molecular complexity index is 1210. The number of anilines is 2. The lowest BCUT2D eigenvalue weighted by Crippen LogP contribution is -2.32. The van der Waals surface area contributed by atoms with Gasteiger partial charge in [0.15, 0.2) is 0 Å². The van der Waals surface area contributed by atoms with Gasteiger partial charge < -0.3 is 10.1 Å². The fraction of sp³-hybridized carbons (Fsp3) is 0.214. The molecule has 33 heavy (non-hydrogen) atoms. The second kappa shape index (κ2) is 9.33. The van der Waals surface area contributed by atoms with Crippen molar-refractivity contribution in [2.75, 3.05) is 16.8 Å². The van der Waals surface area contributed by atoms with E-state index in [1.807, 2.05) is 86.6 Å². The van der Waals surface area contributed by atoms with E-state index in [1.54, 1.807) is 0 Å². The molecule has 5 heteroatoms. The SMILES string of the molecule is CCOc1ccccc1NC1=C(c2ccc(C)cc2)C(=O)N(c2ccc(C(C)C)cc2)C1=O. The Labute approximate surface area is 194 Å². The maximum Gasteiger partial charge on any atom is 0.282 e. The molecule has 0 fully saturated rings. The average molecular weight is 441 g/mol. The molecule has 0 atom stereocenters. The third kappa shape index (κ3) is 4.40. The van der Waals surface area contributed by atoms with E-state index in [0.717, 1.165) is 11.1 Å². The van der Waals surface area contributed by atoms with Crippen LogP contribution in [0.15, 0.2) is 78.5 Å². The quantitative estimate of drug-likeness (QED) is 0.464. The van der Waals surface area contributed by atoms with E-state index >= 15 is 0 Å². The zero-order chi connectivity index (χ0) is 23.5. The van der Waals surface area contributed by atoms with Gasteiger partial charge in [0.1, 0.15) is 11.4 Å². The highest BCUT2D eigenvalue weighted by Crippen LogP contribution is 2.36. The summed E-state index contributed by atoms with van der Waals surface area (Å²) in [7, 11) is 0. The molecule has 3 aromatic carbocycles. The number of ether oxygens (including phenoxy) is 1. The second-order valence-electron chi connectivity index (χ2n) is 8.36. The standard InChI is InChI=1S/C28H28N2O3/c1-5-33-24-9-7-6-8-23(24)29-26-25(21-12-10-19(4)11-13-21)27(31)30(28(26)32)22-16-14-20(15-17-22)18(2)3/h6-18,29H,5H2,1-4H3. The molecule has 1 aliphatic heterocycles. The molecule has 1 N–H and O–H groups in total. The lowest BCUT2D eigenvalue weighted by atomic mass is 10.0. The molecule has 0 aromatic heterocycles. The molecule has 0 bridgehead atoms. The van der Waals surface area contributed by atoms with Crippen molar-refractivity contribution in [1.82, 2.24) is 0 Å². The Morgan fingerprint density at radius 2 is 1.55 bits per heavy atom. The summed E-state index contributed by atoms with van der Waals surface area (Å²) in [4.78, 5) is 28.5. The number of hydrogen-bond acceptors (Lipinski definition) is 4. The van der Waals surface area contributed by atoms with Crippen LogP contribution in [0.5, 0.6) is 5.75 Å². The largest absolute Gasteiger partial charge is 0.492 e. The van der Waals surface area contributed by atoms with Crippen LogP contribution >= 0.6 is 0 Å². The van der Waals surface area contributed by atoms with E-state index in [2.05, 4.69) is 19.2 Å². The minimum atomic E-state index is -0.390. The molecule has 0 saturated carbocycles. The molecular formula is C28H28N2O3. The molecule has 1 aliphatic rings. The number of carbonyl (C=O) groups excluding carboxylic acids is 2. The van der Waals surface area contributed by atoms with Gasteiger partial charge >= 0.3 is 0 Å². The zero-order valence-corrected chi connectivity index (χ0v) is 19.4. The van der Waals surface area contributed by atoms with Crippen molar-refractivity contribution in [3.63, 3.8) is 0 Å². The smallest absolute Gasteiger partial charge is 0.282 e. The predicted molar refractivity (Wildman–Crippen MR) is 132 cm³/mol. The van der Waals surface area contributed by atoms with Gasteiger partial charge in [-0.25, -0.2) is 4.90 Å². The molecule has 3 aromatic rings. The summed E-state index contributed by atoms with van der Waals surface area (Å²) in [6.45, 7) is 8.59. The third-order valence-corrected chi connectivity index (χ3v) is 5.69. The summed E-state index contributed by atoms with van der Waals surface area (Å²) >= 11 is 0. The lowest BCUT2D eigenvalue weighted by Gasteiger charge is -2.17. The van der Waals surface area contributed by atoms with E-state index < -0.39 is 0 Å². The van der Waals surface area contributed by atoms with E-state index in [-0.39, 0.29) is 17.5 Å². The summed E-state index contributed by atoms with van der Waals surface area (Å²) in [6.07, 6.45) is 0. The van der Waals surface area contributed by atoms with Gasteiger partial charge in [-0.2, -0.15) is 0 Å². The summed E-state index contributed by atoms with van der Waals surface area (Å²) in [5.74, 6) is 0.241. The van der Waals surface area contributed by atoms with Crippen LogP contribution in [0.25, 0.3) is 5.57 Å². The van der Waals surface area contributed by atoms with Gasteiger partial charge in [-0.3, -0.25) is 9.59 Å². The molecule has 0 unspecified atom stereocenters. The minimum absolute atomic E-state index is 0.240. The van der Waals surface area contributed by atoms with E-state index in [4.69, 9.17) is 4.74 Å². The van der Waals surface area contributed by atoms with Crippen molar-refractivity contribution in [3.8, 4) is 5.75 Å². The molecule has 0 saturated heterocycles. The van der Waals surface area contributed by atoms with Gasteiger partial charge in [-0.05, 0) is 55.2 Å². The van der Waals surface area contributed by atoms with Crippen molar-refractivity contribution < 1.29 is 14.3 Å². The van der Waals surface area contributed by atoms with Gasteiger partial charge in [0, 0.05) is 0 Å². The third-order valence-electron chi connectivity index (χ3n) is 5.69. The molecule has 2 amide bonds. The number of benzene rings is 3. The first-order valence-electron chi connectivity index (χ1n) is 11.2. The van der Waals surface area contributed by atoms with E-state index in [0.29, 0.717) is 40.8 Å². The number of hydrogen-bond donors (Lipinski definition) is 1. The Morgan fingerprint density at radius 3 is 2.18 bits per heavy atom. The molecular weight excluding hydrogens is 412 g/mol. The Kier molecular flexibility index (Phi) is 6.31. The van der Waals surface area contributed by atoms with Crippen molar-refractivity contribution in [3.05, 3.63) is 95.2 Å². The first-order valence-corrected chi connectivity index (χ1v) is 11.2.